The predicted octanol–water partition coefficient (Wildman–Crippen LogP) is 6.71. The lowest BCUT2D eigenvalue weighted by atomic mass is 9.84. The highest BCUT2D eigenvalue weighted by Crippen LogP contribution is 2.41. The Balaban J connectivity index is 2.73. The summed E-state index contributed by atoms with van der Waals surface area (Å²) in [6, 6.07) is 1.64. The molecule has 0 aromatic heterocycles. The molecular weight excluding hydrogens is 324 g/mol. The van der Waals surface area contributed by atoms with Crippen LogP contribution in [0.3, 0.4) is 0 Å². The molecule has 150 valence electrons. The highest BCUT2D eigenvalue weighted by molar-refractivity contribution is 5.57. The number of phenolic OH excluding ortho intramolecular Hbond substituents is 3. The van der Waals surface area contributed by atoms with Crippen molar-refractivity contribution >= 4 is 0 Å². The maximum Gasteiger partial charge on any atom is 0.200 e. The van der Waals surface area contributed by atoms with E-state index in [9.17, 15) is 15.3 Å². The van der Waals surface area contributed by atoms with Gasteiger partial charge in [-0.1, -0.05) is 60.8 Å². The Kier molecular flexibility index (Phi) is 8.30. The van der Waals surface area contributed by atoms with Crippen molar-refractivity contribution < 1.29 is 15.3 Å². The third kappa shape index (κ3) is 7.47. The summed E-state index contributed by atoms with van der Waals surface area (Å²) in [5, 5.41) is 30.1. The van der Waals surface area contributed by atoms with E-state index in [1.54, 1.807) is 6.07 Å². The Morgan fingerprint density at radius 1 is 0.769 bits per heavy atom. The minimum Gasteiger partial charge on any atom is -0.504 e. The van der Waals surface area contributed by atoms with Gasteiger partial charge in [-0.15, -0.1) is 0 Å². The van der Waals surface area contributed by atoms with Gasteiger partial charge in [-0.3, -0.25) is 0 Å². The summed E-state index contributed by atoms with van der Waals surface area (Å²) < 4.78 is 0. The van der Waals surface area contributed by atoms with Gasteiger partial charge in [0.2, 0.25) is 5.75 Å². The molecule has 0 unspecified atom stereocenters. The van der Waals surface area contributed by atoms with Crippen LogP contribution in [0.4, 0.5) is 0 Å². The minimum atomic E-state index is -0.383. The molecule has 0 bridgehead atoms. The van der Waals surface area contributed by atoms with E-state index < -0.39 is 0 Å². The molecule has 0 aliphatic heterocycles. The molecule has 1 aromatic rings. The molecular formula is C23H40O3. The van der Waals surface area contributed by atoms with Crippen LogP contribution in [0.1, 0.15) is 97.6 Å². The van der Waals surface area contributed by atoms with Crippen molar-refractivity contribution in [3.8, 4) is 17.2 Å². The summed E-state index contributed by atoms with van der Waals surface area (Å²) >= 11 is 0. The number of hydrogen-bond acceptors (Lipinski definition) is 3. The Labute approximate surface area is 160 Å². The molecule has 0 spiro atoms. The number of rotatable bonds is 10. The van der Waals surface area contributed by atoms with Gasteiger partial charge < -0.3 is 15.3 Å². The van der Waals surface area contributed by atoms with Crippen LogP contribution in [0.5, 0.6) is 17.2 Å². The molecule has 0 radical (unpaired) electrons. The second-order valence-electron chi connectivity index (χ2n) is 9.72. The van der Waals surface area contributed by atoms with Crippen molar-refractivity contribution in [1.29, 1.82) is 0 Å². The lowest BCUT2D eigenvalue weighted by molar-refractivity contribution is 0.309. The van der Waals surface area contributed by atoms with Gasteiger partial charge in [0, 0.05) is 5.56 Å². The SMILES string of the molecule is CCC(C)(C)CCCCc1cc(O)c(O)c(O)c1CCCCC(C)(C)C. The third-order valence-corrected chi connectivity index (χ3v) is 5.56. The zero-order valence-corrected chi connectivity index (χ0v) is 17.8. The summed E-state index contributed by atoms with van der Waals surface area (Å²) in [5.74, 6) is -0.735. The van der Waals surface area contributed by atoms with Crippen LogP contribution < -0.4 is 0 Å². The molecule has 3 N–H and O–H groups in total. The monoisotopic (exact) mass is 364 g/mol. The molecule has 0 aliphatic carbocycles. The maximum atomic E-state index is 10.3. The molecule has 1 rings (SSSR count). The van der Waals surface area contributed by atoms with Crippen molar-refractivity contribution in [3.05, 3.63) is 17.2 Å². The Morgan fingerprint density at radius 3 is 1.92 bits per heavy atom. The van der Waals surface area contributed by atoms with Gasteiger partial charge in [-0.2, -0.15) is 0 Å². The summed E-state index contributed by atoms with van der Waals surface area (Å²) in [5.41, 5.74) is 2.47. The first-order valence-electron chi connectivity index (χ1n) is 10.2. The summed E-state index contributed by atoms with van der Waals surface area (Å²) in [6.45, 7) is 13.5. The lowest BCUT2D eigenvalue weighted by Crippen LogP contribution is -2.09. The zero-order valence-electron chi connectivity index (χ0n) is 17.8. The standard InChI is InChI=1S/C23H40O3/c1-7-23(5,6)15-11-8-12-17-16-19(24)21(26)20(25)18(17)13-9-10-14-22(2,3)4/h16,24-26H,7-15H2,1-6H3. The third-order valence-electron chi connectivity index (χ3n) is 5.56. The van der Waals surface area contributed by atoms with Gasteiger partial charge in [0.25, 0.3) is 0 Å². The maximum absolute atomic E-state index is 10.3. The van der Waals surface area contributed by atoms with Gasteiger partial charge in [0.05, 0.1) is 0 Å². The van der Waals surface area contributed by atoms with Gasteiger partial charge in [0.1, 0.15) is 0 Å². The second-order valence-corrected chi connectivity index (χ2v) is 9.72. The van der Waals surface area contributed by atoms with E-state index in [-0.39, 0.29) is 17.2 Å². The van der Waals surface area contributed by atoms with E-state index >= 15 is 0 Å². The number of unbranched alkanes of at least 4 members (excludes halogenated alkanes) is 2. The summed E-state index contributed by atoms with van der Waals surface area (Å²) in [4.78, 5) is 0. The zero-order chi connectivity index (χ0) is 20.0. The van der Waals surface area contributed by atoms with Crippen molar-refractivity contribution in [2.45, 2.75) is 99.3 Å². The first-order chi connectivity index (χ1) is 12.0. The fourth-order valence-corrected chi connectivity index (χ4v) is 3.29. The van der Waals surface area contributed by atoms with E-state index in [2.05, 4.69) is 41.5 Å². The molecule has 26 heavy (non-hydrogen) atoms. The van der Waals surface area contributed by atoms with Crippen molar-refractivity contribution in [1.82, 2.24) is 0 Å². The molecule has 0 aliphatic rings. The Morgan fingerprint density at radius 2 is 1.35 bits per heavy atom. The molecule has 1 aromatic carbocycles. The lowest BCUT2D eigenvalue weighted by Gasteiger charge is -2.22. The fraction of sp³-hybridized carbons (Fsp3) is 0.739. The topological polar surface area (TPSA) is 60.7 Å². The second kappa shape index (κ2) is 9.53. The number of phenols is 3. The molecule has 0 saturated carbocycles. The van der Waals surface area contributed by atoms with Crippen LogP contribution in [-0.4, -0.2) is 15.3 Å². The van der Waals surface area contributed by atoms with E-state index in [0.29, 0.717) is 10.8 Å². The van der Waals surface area contributed by atoms with Crippen molar-refractivity contribution in [2.24, 2.45) is 10.8 Å². The highest BCUT2D eigenvalue weighted by Gasteiger charge is 2.18. The number of benzene rings is 1. The van der Waals surface area contributed by atoms with E-state index in [1.165, 1.54) is 12.8 Å². The van der Waals surface area contributed by atoms with E-state index in [4.69, 9.17) is 0 Å². The largest absolute Gasteiger partial charge is 0.504 e. The van der Waals surface area contributed by atoms with Gasteiger partial charge in [-0.25, -0.2) is 0 Å². The summed E-state index contributed by atoms with van der Waals surface area (Å²) in [6.07, 6.45) is 9.29. The van der Waals surface area contributed by atoms with Gasteiger partial charge in [0.15, 0.2) is 11.5 Å². The van der Waals surface area contributed by atoms with Crippen LogP contribution in [0, 0.1) is 10.8 Å². The quantitative estimate of drug-likeness (QED) is 0.319. The number of aromatic hydroxyl groups is 3. The van der Waals surface area contributed by atoms with Crippen molar-refractivity contribution in [3.63, 3.8) is 0 Å². The number of aryl methyl sites for hydroxylation is 1. The minimum absolute atomic E-state index is 0.135. The van der Waals surface area contributed by atoms with Crippen LogP contribution in [0.2, 0.25) is 0 Å². The normalized spacial score (nSPS) is 12.5. The molecule has 0 heterocycles. The first kappa shape index (κ1) is 22.7. The Hall–Kier alpha value is -1.38. The predicted molar refractivity (Wildman–Crippen MR) is 110 cm³/mol. The smallest absolute Gasteiger partial charge is 0.200 e. The Bertz CT molecular complexity index is 568. The molecule has 3 nitrogen and oxygen atoms in total. The average molecular weight is 365 g/mol. The first-order valence-corrected chi connectivity index (χ1v) is 10.2. The van der Waals surface area contributed by atoms with Crippen LogP contribution in [0.25, 0.3) is 0 Å². The molecule has 3 heteroatoms. The van der Waals surface area contributed by atoms with Gasteiger partial charge >= 0.3 is 0 Å². The summed E-state index contributed by atoms with van der Waals surface area (Å²) in [7, 11) is 0. The van der Waals surface area contributed by atoms with Crippen LogP contribution >= 0.6 is 0 Å². The number of hydrogen-bond donors (Lipinski definition) is 3. The van der Waals surface area contributed by atoms with Crippen molar-refractivity contribution in [2.75, 3.05) is 0 Å². The molecule has 0 amide bonds. The van der Waals surface area contributed by atoms with Gasteiger partial charge in [-0.05, 0) is 61.0 Å². The van der Waals surface area contributed by atoms with E-state index in [1.807, 2.05) is 0 Å². The molecule has 0 saturated heterocycles. The fourth-order valence-electron chi connectivity index (χ4n) is 3.29. The molecule has 0 fully saturated rings. The average Bonchev–Trinajstić information content (AvgIpc) is 2.54. The van der Waals surface area contributed by atoms with Crippen LogP contribution in [-0.2, 0) is 12.8 Å². The molecule has 0 atom stereocenters. The highest BCUT2D eigenvalue weighted by atomic mass is 16.3. The van der Waals surface area contributed by atoms with E-state index in [0.717, 1.165) is 56.1 Å². The van der Waals surface area contributed by atoms with Crippen LogP contribution in [0.15, 0.2) is 6.07 Å².